The van der Waals surface area contributed by atoms with Crippen molar-refractivity contribution < 1.29 is 0 Å². The molecular formula is C22H40ClN. The molecule has 0 atom stereocenters. The molecular weight excluding hydrogens is 314 g/mol. The molecule has 0 amide bonds. The number of rotatable bonds is 14. The summed E-state index contributed by atoms with van der Waals surface area (Å²) in [4.78, 5) is 0. The standard InChI is InChI=1S/C22H39N.ClH/c1-4-5-6-7-8-9-10-11-12-13-17-20-23-22(2,3)21-18-15-14-16-19-21;/h14-16,18-19,23H,4-13,17,20H2,1-3H3;1H. The molecule has 0 heterocycles. The molecule has 0 bridgehead atoms. The van der Waals surface area contributed by atoms with Crippen molar-refractivity contribution in [3.05, 3.63) is 35.9 Å². The summed E-state index contributed by atoms with van der Waals surface area (Å²) in [5, 5.41) is 3.71. The molecule has 1 nitrogen and oxygen atoms in total. The van der Waals surface area contributed by atoms with E-state index in [1.165, 1.54) is 76.2 Å². The summed E-state index contributed by atoms with van der Waals surface area (Å²) in [6, 6.07) is 10.8. The van der Waals surface area contributed by atoms with Gasteiger partial charge in [0, 0.05) is 5.54 Å². The maximum absolute atomic E-state index is 3.71. The zero-order valence-corrected chi connectivity index (χ0v) is 17.1. The fraction of sp³-hybridized carbons (Fsp3) is 0.727. The molecule has 0 aliphatic rings. The van der Waals surface area contributed by atoms with Crippen molar-refractivity contribution in [2.45, 2.75) is 96.9 Å². The third-order valence-corrected chi connectivity index (χ3v) is 4.84. The molecule has 24 heavy (non-hydrogen) atoms. The molecule has 0 fully saturated rings. The van der Waals surface area contributed by atoms with Gasteiger partial charge in [-0.3, -0.25) is 0 Å². The summed E-state index contributed by atoms with van der Waals surface area (Å²) in [6.07, 6.45) is 15.5. The lowest BCUT2D eigenvalue weighted by atomic mass is 9.94. The Morgan fingerprint density at radius 3 is 1.67 bits per heavy atom. The van der Waals surface area contributed by atoms with Crippen LogP contribution in [0.4, 0.5) is 0 Å². The number of benzene rings is 1. The minimum atomic E-state index is 0. The van der Waals surface area contributed by atoms with Crippen LogP contribution in [0, 0.1) is 0 Å². The third kappa shape index (κ3) is 11.1. The topological polar surface area (TPSA) is 12.0 Å². The van der Waals surface area contributed by atoms with E-state index in [0.717, 1.165) is 6.54 Å². The Kier molecular flexibility index (Phi) is 14.5. The van der Waals surface area contributed by atoms with E-state index < -0.39 is 0 Å². The summed E-state index contributed by atoms with van der Waals surface area (Å²) in [6.45, 7) is 7.97. The first-order valence-corrected chi connectivity index (χ1v) is 9.97. The van der Waals surface area contributed by atoms with E-state index in [-0.39, 0.29) is 17.9 Å². The van der Waals surface area contributed by atoms with Crippen molar-refractivity contribution in [2.24, 2.45) is 0 Å². The zero-order valence-electron chi connectivity index (χ0n) is 16.3. The Morgan fingerprint density at radius 2 is 1.17 bits per heavy atom. The fourth-order valence-electron chi connectivity index (χ4n) is 3.15. The Hall–Kier alpha value is -0.530. The summed E-state index contributed by atoms with van der Waals surface area (Å²) in [7, 11) is 0. The molecule has 1 N–H and O–H groups in total. The predicted molar refractivity (Wildman–Crippen MR) is 111 cm³/mol. The van der Waals surface area contributed by atoms with E-state index in [1.807, 2.05) is 0 Å². The SMILES string of the molecule is CCCCCCCCCCCCCNC(C)(C)c1ccccc1.Cl. The van der Waals surface area contributed by atoms with Crippen LogP contribution < -0.4 is 5.32 Å². The maximum atomic E-state index is 3.71. The lowest BCUT2D eigenvalue weighted by Gasteiger charge is -2.27. The zero-order chi connectivity index (χ0) is 16.8. The van der Waals surface area contributed by atoms with Gasteiger partial charge in [0.25, 0.3) is 0 Å². The largest absolute Gasteiger partial charge is 0.308 e. The highest BCUT2D eigenvalue weighted by Crippen LogP contribution is 2.19. The Morgan fingerprint density at radius 1 is 0.708 bits per heavy atom. The van der Waals surface area contributed by atoms with Crippen LogP contribution in [0.2, 0.25) is 0 Å². The highest BCUT2D eigenvalue weighted by atomic mass is 35.5. The van der Waals surface area contributed by atoms with Gasteiger partial charge in [0.1, 0.15) is 0 Å². The fourth-order valence-corrected chi connectivity index (χ4v) is 3.15. The molecule has 0 aliphatic carbocycles. The first-order chi connectivity index (χ1) is 11.2. The van der Waals surface area contributed by atoms with Crippen molar-refractivity contribution in [3.63, 3.8) is 0 Å². The molecule has 140 valence electrons. The summed E-state index contributed by atoms with van der Waals surface area (Å²) in [5.41, 5.74) is 1.46. The molecule has 0 radical (unpaired) electrons. The van der Waals surface area contributed by atoms with Gasteiger partial charge in [0.15, 0.2) is 0 Å². The lowest BCUT2D eigenvalue weighted by molar-refractivity contribution is 0.394. The van der Waals surface area contributed by atoms with Crippen LogP contribution in [0.1, 0.15) is 97.0 Å². The maximum Gasteiger partial charge on any atom is 0.0377 e. The molecule has 0 aromatic heterocycles. The number of hydrogen-bond donors (Lipinski definition) is 1. The van der Waals surface area contributed by atoms with Gasteiger partial charge in [-0.05, 0) is 32.4 Å². The van der Waals surface area contributed by atoms with Gasteiger partial charge in [-0.2, -0.15) is 0 Å². The lowest BCUT2D eigenvalue weighted by Crippen LogP contribution is -2.37. The van der Waals surface area contributed by atoms with Crippen LogP contribution >= 0.6 is 12.4 Å². The molecule has 0 spiro atoms. The van der Waals surface area contributed by atoms with Crippen LogP contribution in [-0.4, -0.2) is 6.54 Å². The molecule has 0 saturated heterocycles. The van der Waals surface area contributed by atoms with Crippen LogP contribution in [0.15, 0.2) is 30.3 Å². The van der Waals surface area contributed by atoms with Crippen LogP contribution in [-0.2, 0) is 5.54 Å². The molecule has 0 aliphatic heterocycles. The first-order valence-electron chi connectivity index (χ1n) is 9.97. The summed E-state index contributed by atoms with van der Waals surface area (Å²) >= 11 is 0. The van der Waals surface area contributed by atoms with E-state index in [1.54, 1.807) is 0 Å². The Balaban J connectivity index is 0.00000529. The smallest absolute Gasteiger partial charge is 0.0377 e. The Bertz CT molecular complexity index is 375. The second-order valence-electron chi connectivity index (χ2n) is 7.45. The van der Waals surface area contributed by atoms with Gasteiger partial charge in [-0.1, -0.05) is 101 Å². The van der Waals surface area contributed by atoms with Crippen molar-refractivity contribution in [1.82, 2.24) is 5.32 Å². The highest BCUT2D eigenvalue weighted by molar-refractivity contribution is 5.85. The van der Waals surface area contributed by atoms with E-state index in [2.05, 4.69) is 56.4 Å². The Labute approximate surface area is 157 Å². The van der Waals surface area contributed by atoms with Gasteiger partial charge in [-0.15, -0.1) is 12.4 Å². The average molecular weight is 354 g/mol. The van der Waals surface area contributed by atoms with Crippen molar-refractivity contribution in [2.75, 3.05) is 6.54 Å². The molecule has 1 aromatic carbocycles. The predicted octanol–water partition coefficient (Wildman–Crippen LogP) is 7.24. The van der Waals surface area contributed by atoms with Gasteiger partial charge in [0.05, 0.1) is 0 Å². The molecule has 0 saturated carbocycles. The third-order valence-electron chi connectivity index (χ3n) is 4.84. The van der Waals surface area contributed by atoms with E-state index >= 15 is 0 Å². The monoisotopic (exact) mass is 353 g/mol. The molecule has 0 unspecified atom stereocenters. The van der Waals surface area contributed by atoms with Gasteiger partial charge in [-0.25, -0.2) is 0 Å². The van der Waals surface area contributed by atoms with Crippen LogP contribution in [0.3, 0.4) is 0 Å². The number of halogens is 1. The van der Waals surface area contributed by atoms with Gasteiger partial charge in [0.2, 0.25) is 0 Å². The minimum absolute atomic E-state index is 0. The molecule has 1 aromatic rings. The molecule has 2 heteroatoms. The van der Waals surface area contributed by atoms with E-state index in [4.69, 9.17) is 0 Å². The van der Waals surface area contributed by atoms with Gasteiger partial charge >= 0.3 is 0 Å². The first kappa shape index (κ1) is 23.5. The van der Waals surface area contributed by atoms with E-state index in [0.29, 0.717) is 0 Å². The summed E-state index contributed by atoms with van der Waals surface area (Å²) < 4.78 is 0. The highest BCUT2D eigenvalue weighted by Gasteiger charge is 2.18. The second kappa shape index (κ2) is 14.8. The van der Waals surface area contributed by atoms with E-state index in [9.17, 15) is 0 Å². The number of hydrogen-bond acceptors (Lipinski definition) is 1. The normalized spacial score (nSPS) is 11.3. The van der Waals surface area contributed by atoms with Crippen molar-refractivity contribution in [1.29, 1.82) is 0 Å². The average Bonchev–Trinajstić information content (AvgIpc) is 2.56. The number of nitrogens with one attached hydrogen (secondary N) is 1. The quantitative estimate of drug-likeness (QED) is 0.347. The van der Waals surface area contributed by atoms with Crippen molar-refractivity contribution in [3.8, 4) is 0 Å². The van der Waals surface area contributed by atoms with Crippen LogP contribution in [0.25, 0.3) is 0 Å². The van der Waals surface area contributed by atoms with Crippen LogP contribution in [0.5, 0.6) is 0 Å². The summed E-state index contributed by atoms with van der Waals surface area (Å²) in [5.74, 6) is 0. The van der Waals surface area contributed by atoms with Gasteiger partial charge < -0.3 is 5.32 Å². The second-order valence-corrected chi connectivity index (χ2v) is 7.45. The number of unbranched alkanes of at least 4 members (excludes halogenated alkanes) is 10. The minimum Gasteiger partial charge on any atom is -0.308 e. The van der Waals surface area contributed by atoms with Crippen molar-refractivity contribution >= 4 is 12.4 Å². The molecule has 1 rings (SSSR count).